The minimum atomic E-state index is -0.0880. The van der Waals surface area contributed by atoms with Crippen molar-refractivity contribution < 1.29 is 14.3 Å². The molecule has 0 aliphatic carbocycles. The Morgan fingerprint density at radius 3 is 2.62 bits per heavy atom. The summed E-state index contributed by atoms with van der Waals surface area (Å²) >= 11 is 6.62. The SMILES string of the molecule is COCCN1C(=O)/C(=C/c2ccccc2OCc2ccccc2)SC1=S. The Hall–Kier alpha value is -2.15. The maximum atomic E-state index is 12.6. The number of thioether (sulfide) groups is 1. The van der Waals surface area contributed by atoms with Crippen LogP contribution in [0.25, 0.3) is 6.08 Å². The number of ether oxygens (including phenoxy) is 2. The van der Waals surface area contributed by atoms with Crippen LogP contribution in [0.1, 0.15) is 11.1 Å². The number of rotatable bonds is 7. The number of nitrogens with zero attached hydrogens (tertiary/aromatic N) is 1. The van der Waals surface area contributed by atoms with Crippen LogP contribution in [0.15, 0.2) is 59.5 Å². The van der Waals surface area contributed by atoms with Gasteiger partial charge >= 0.3 is 0 Å². The molecule has 3 rings (SSSR count). The highest BCUT2D eigenvalue weighted by atomic mass is 32.2. The molecule has 0 unspecified atom stereocenters. The minimum absolute atomic E-state index is 0.0880. The van der Waals surface area contributed by atoms with Gasteiger partial charge in [0.1, 0.15) is 16.7 Å². The summed E-state index contributed by atoms with van der Waals surface area (Å²) in [5.41, 5.74) is 1.95. The molecule has 4 nitrogen and oxygen atoms in total. The molecule has 0 bridgehead atoms. The third-order valence-corrected chi connectivity index (χ3v) is 5.21. The highest BCUT2D eigenvalue weighted by Gasteiger charge is 2.31. The molecule has 134 valence electrons. The topological polar surface area (TPSA) is 38.8 Å². The van der Waals surface area contributed by atoms with Crippen molar-refractivity contribution in [3.63, 3.8) is 0 Å². The highest BCUT2D eigenvalue weighted by molar-refractivity contribution is 8.26. The van der Waals surface area contributed by atoms with Gasteiger partial charge in [-0.1, -0.05) is 72.5 Å². The molecule has 26 heavy (non-hydrogen) atoms. The molecule has 1 saturated heterocycles. The molecule has 1 amide bonds. The quantitative estimate of drug-likeness (QED) is 0.530. The standard InChI is InChI=1S/C20H19NO3S2/c1-23-12-11-21-19(22)18(26-20(21)25)13-16-9-5-6-10-17(16)24-14-15-7-3-2-4-8-15/h2-10,13H,11-12,14H2,1H3/b18-13-. The fourth-order valence-electron chi connectivity index (χ4n) is 2.48. The van der Waals surface area contributed by atoms with Gasteiger partial charge in [-0.05, 0) is 17.7 Å². The summed E-state index contributed by atoms with van der Waals surface area (Å²) in [6.45, 7) is 1.39. The van der Waals surface area contributed by atoms with Crippen molar-refractivity contribution in [2.75, 3.05) is 20.3 Å². The van der Waals surface area contributed by atoms with Crippen molar-refractivity contribution in [2.45, 2.75) is 6.61 Å². The van der Waals surface area contributed by atoms with E-state index in [9.17, 15) is 4.79 Å². The number of hydrogen-bond acceptors (Lipinski definition) is 5. The number of para-hydroxylation sites is 1. The van der Waals surface area contributed by atoms with Gasteiger partial charge in [-0.2, -0.15) is 0 Å². The second-order valence-corrected chi connectivity index (χ2v) is 7.31. The third kappa shape index (κ3) is 4.52. The first-order valence-electron chi connectivity index (χ1n) is 8.19. The van der Waals surface area contributed by atoms with Gasteiger partial charge in [0.2, 0.25) is 0 Å². The molecule has 1 aliphatic heterocycles. The lowest BCUT2D eigenvalue weighted by atomic mass is 10.1. The van der Waals surface area contributed by atoms with Crippen molar-refractivity contribution >= 4 is 40.3 Å². The zero-order valence-electron chi connectivity index (χ0n) is 14.4. The normalized spacial score (nSPS) is 15.7. The van der Waals surface area contributed by atoms with Crippen LogP contribution in [0.4, 0.5) is 0 Å². The van der Waals surface area contributed by atoms with Crippen molar-refractivity contribution in [1.82, 2.24) is 4.90 Å². The first-order valence-corrected chi connectivity index (χ1v) is 9.41. The van der Waals surface area contributed by atoms with Gasteiger partial charge in [0.05, 0.1) is 18.1 Å². The van der Waals surface area contributed by atoms with E-state index in [0.29, 0.717) is 29.0 Å². The van der Waals surface area contributed by atoms with Crippen LogP contribution in [0.5, 0.6) is 5.75 Å². The predicted octanol–water partition coefficient (Wildman–Crippen LogP) is 4.11. The zero-order valence-corrected chi connectivity index (χ0v) is 16.0. The number of benzene rings is 2. The number of thiocarbonyl (C=S) groups is 1. The van der Waals surface area contributed by atoms with Gasteiger partial charge in [-0.25, -0.2) is 0 Å². The van der Waals surface area contributed by atoms with Crippen LogP contribution in [0.3, 0.4) is 0 Å². The number of carbonyl (C=O) groups is 1. The fourth-order valence-corrected chi connectivity index (χ4v) is 3.78. The number of hydrogen-bond donors (Lipinski definition) is 0. The van der Waals surface area contributed by atoms with Gasteiger partial charge < -0.3 is 9.47 Å². The molecule has 0 saturated carbocycles. The van der Waals surface area contributed by atoms with E-state index in [4.69, 9.17) is 21.7 Å². The highest BCUT2D eigenvalue weighted by Crippen LogP contribution is 2.34. The maximum absolute atomic E-state index is 12.6. The third-order valence-electron chi connectivity index (χ3n) is 3.84. The van der Waals surface area contributed by atoms with Gasteiger partial charge in [-0.3, -0.25) is 9.69 Å². The second kappa shape index (κ2) is 8.98. The lowest BCUT2D eigenvalue weighted by Crippen LogP contribution is -2.31. The number of methoxy groups -OCH3 is 1. The number of carbonyl (C=O) groups excluding carboxylic acids is 1. The average Bonchev–Trinajstić information content (AvgIpc) is 2.93. The summed E-state index contributed by atoms with van der Waals surface area (Å²) in [6, 6.07) is 17.7. The largest absolute Gasteiger partial charge is 0.488 e. The van der Waals surface area contributed by atoms with Gasteiger partial charge in [0.25, 0.3) is 5.91 Å². The smallest absolute Gasteiger partial charge is 0.266 e. The molecule has 0 N–H and O–H groups in total. The van der Waals surface area contributed by atoms with Crippen LogP contribution >= 0.6 is 24.0 Å². The van der Waals surface area contributed by atoms with E-state index in [1.165, 1.54) is 11.8 Å². The van der Waals surface area contributed by atoms with E-state index in [1.807, 2.05) is 60.7 Å². The van der Waals surface area contributed by atoms with E-state index < -0.39 is 0 Å². The first kappa shape index (κ1) is 18.6. The Kier molecular flexibility index (Phi) is 6.44. The lowest BCUT2D eigenvalue weighted by molar-refractivity contribution is -0.122. The summed E-state index contributed by atoms with van der Waals surface area (Å²) < 4.78 is 11.6. The van der Waals surface area contributed by atoms with Crippen LogP contribution in [-0.2, 0) is 16.1 Å². The molecule has 2 aromatic rings. The van der Waals surface area contributed by atoms with Crippen molar-refractivity contribution in [3.8, 4) is 5.75 Å². The molecular formula is C20H19NO3S2. The summed E-state index contributed by atoms with van der Waals surface area (Å²) in [6.07, 6.45) is 1.84. The molecule has 0 spiro atoms. The van der Waals surface area contributed by atoms with E-state index in [-0.39, 0.29) is 5.91 Å². The van der Waals surface area contributed by atoms with Crippen LogP contribution in [0.2, 0.25) is 0 Å². The summed E-state index contributed by atoms with van der Waals surface area (Å²) in [7, 11) is 1.60. The second-order valence-electron chi connectivity index (χ2n) is 5.64. The van der Waals surface area contributed by atoms with Crippen LogP contribution in [-0.4, -0.2) is 35.4 Å². The Labute approximate surface area is 162 Å². The zero-order chi connectivity index (χ0) is 18.4. The Morgan fingerprint density at radius 1 is 1.12 bits per heavy atom. The molecule has 1 fully saturated rings. The summed E-state index contributed by atoms with van der Waals surface area (Å²) in [5, 5.41) is 0. The van der Waals surface area contributed by atoms with Crippen LogP contribution < -0.4 is 4.74 Å². The predicted molar refractivity (Wildman–Crippen MR) is 109 cm³/mol. The average molecular weight is 386 g/mol. The monoisotopic (exact) mass is 385 g/mol. The summed E-state index contributed by atoms with van der Waals surface area (Å²) in [5.74, 6) is 0.647. The van der Waals surface area contributed by atoms with Crippen molar-refractivity contribution in [3.05, 3.63) is 70.6 Å². The van der Waals surface area contributed by atoms with Crippen molar-refractivity contribution in [1.29, 1.82) is 0 Å². The molecule has 2 aromatic carbocycles. The fraction of sp³-hybridized carbons (Fsp3) is 0.200. The van der Waals surface area contributed by atoms with E-state index in [0.717, 1.165) is 16.9 Å². The maximum Gasteiger partial charge on any atom is 0.266 e. The van der Waals surface area contributed by atoms with E-state index >= 15 is 0 Å². The molecule has 1 aliphatic rings. The lowest BCUT2D eigenvalue weighted by Gasteiger charge is -2.13. The van der Waals surface area contributed by atoms with E-state index in [2.05, 4.69) is 0 Å². The molecule has 0 atom stereocenters. The Morgan fingerprint density at radius 2 is 1.85 bits per heavy atom. The van der Waals surface area contributed by atoms with E-state index in [1.54, 1.807) is 12.0 Å². The molecule has 6 heteroatoms. The number of amides is 1. The van der Waals surface area contributed by atoms with Gasteiger partial charge in [-0.15, -0.1) is 0 Å². The summed E-state index contributed by atoms with van der Waals surface area (Å²) in [4.78, 5) is 14.7. The van der Waals surface area contributed by atoms with Gasteiger partial charge in [0, 0.05) is 12.7 Å². The van der Waals surface area contributed by atoms with Crippen LogP contribution in [0, 0.1) is 0 Å². The van der Waals surface area contributed by atoms with Crippen molar-refractivity contribution in [2.24, 2.45) is 0 Å². The Bertz CT molecular complexity index is 821. The Balaban J connectivity index is 1.76. The molecule has 0 aromatic heterocycles. The molecular weight excluding hydrogens is 366 g/mol. The first-order chi connectivity index (χ1) is 12.7. The van der Waals surface area contributed by atoms with Gasteiger partial charge in [0.15, 0.2) is 0 Å². The minimum Gasteiger partial charge on any atom is -0.488 e. The molecule has 1 heterocycles. The molecule has 0 radical (unpaired) electrons.